The van der Waals surface area contributed by atoms with Gasteiger partial charge in [0, 0.05) is 0 Å². The Bertz CT molecular complexity index is 529. The Kier molecular flexibility index (Phi) is 2.49. The summed E-state index contributed by atoms with van der Waals surface area (Å²) in [5, 5.41) is -0.154. The van der Waals surface area contributed by atoms with Gasteiger partial charge >= 0.3 is 0 Å². The van der Waals surface area contributed by atoms with Crippen LogP contribution in [-0.4, -0.2) is 6.29 Å². The van der Waals surface area contributed by atoms with Crippen LogP contribution in [0.1, 0.15) is 33.5 Å². The molecule has 1 aliphatic rings. The normalized spacial score (nSPS) is 21.5. The van der Waals surface area contributed by atoms with E-state index in [1.807, 2.05) is 48.5 Å². The Morgan fingerprint density at radius 1 is 0.824 bits per heavy atom. The van der Waals surface area contributed by atoms with E-state index in [-0.39, 0.29) is 11.3 Å². The third kappa shape index (κ3) is 1.50. The lowest BCUT2D eigenvalue weighted by molar-refractivity contribution is -0.108. The zero-order valence-electron chi connectivity index (χ0n) is 9.14. The summed E-state index contributed by atoms with van der Waals surface area (Å²) in [5.74, 6) is -0.183. The molecule has 0 amide bonds. The van der Waals surface area contributed by atoms with E-state index in [0.29, 0.717) is 0 Å². The van der Waals surface area contributed by atoms with Gasteiger partial charge in [0.1, 0.15) is 6.29 Å². The molecule has 84 valence electrons. The van der Waals surface area contributed by atoms with E-state index in [2.05, 4.69) is 0 Å². The Balaban J connectivity index is 2.29. The third-order valence-corrected chi connectivity index (χ3v) is 3.81. The van der Waals surface area contributed by atoms with Crippen molar-refractivity contribution in [2.45, 2.75) is 11.3 Å². The van der Waals surface area contributed by atoms with Crippen LogP contribution in [-0.2, 0) is 4.79 Å². The lowest BCUT2D eigenvalue weighted by atomic mass is 9.78. The molecular weight excluding hydrogens is 232 g/mol. The van der Waals surface area contributed by atoms with Crippen molar-refractivity contribution < 1.29 is 4.79 Å². The summed E-state index contributed by atoms with van der Waals surface area (Å²) in [7, 11) is 0. The van der Waals surface area contributed by atoms with Crippen LogP contribution in [0.3, 0.4) is 0 Å². The maximum absolute atomic E-state index is 11.3. The van der Waals surface area contributed by atoms with Crippen molar-refractivity contribution in [3.8, 4) is 0 Å². The van der Waals surface area contributed by atoms with E-state index in [9.17, 15) is 4.79 Å². The predicted octanol–water partition coefficient (Wildman–Crippen LogP) is 3.66. The van der Waals surface area contributed by atoms with Gasteiger partial charge in [-0.05, 0) is 22.3 Å². The van der Waals surface area contributed by atoms with E-state index in [1.165, 1.54) is 0 Å². The van der Waals surface area contributed by atoms with Gasteiger partial charge in [-0.15, -0.1) is 11.6 Å². The molecule has 0 heterocycles. The molecule has 0 bridgehead atoms. The Morgan fingerprint density at radius 2 is 1.24 bits per heavy atom. The number of halogens is 1. The molecule has 1 aliphatic carbocycles. The highest BCUT2D eigenvalue weighted by atomic mass is 35.5. The first-order chi connectivity index (χ1) is 8.33. The molecule has 3 rings (SSSR count). The summed E-state index contributed by atoms with van der Waals surface area (Å²) in [6, 6.07) is 15.8. The minimum Gasteiger partial charge on any atom is -0.302 e. The second-order valence-electron chi connectivity index (χ2n) is 4.23. The average molecular weight is 243 g/mol. The molecule has 0 radical (unpaired) electrons. The minimum atomic E-state index is -0.183. The molecule has 0 saturated carbocycles. The predicted molar refractivity (Wildman–Crippen MR) is 68.5 cm³/mol. The number of rotatable bonds is 1. The number of carbonyl (C=O) groups excluding carboxylic acids is 1. The highest BCUT2D eigenvalue weighted by molar-refractivity contribution is 6.23. The quantitative estimate of drug-likeness (QED) is 0.551. The first-order valence-corrected chi connectivity index (χ1v) is 6.03. The molecule has 0 aromatic heterocycles. The fraction of sp³-hybridized carbons (Fsp3) is 0.133. The van der Waals surface area contributed by atoms with Crippen LogP contribution in [0, 0.1) is 0 Å². The van der Waals surface area contributed by atoms with Crippen LogP contribution in [0.5, 0.6) is 0 Å². The Morgan fingerprint density at radius 3 is 1.65 bits per heavy atom. The molecule has 2 aromatic carbocycles. The molecule has 1 nitrogen and oxygen atoms in total. The molecule has 0 unspecified atom stereocenters. The summed E-state index contributed by atoms with van der Waals surface area (Å²) in [6.45, 7) is 0. The molecule has 0 saturated heterocycles. The number of alkyl halides is 1. The monoisotopic (exact) mass is 242 g/mol. The first-order valence-electron chi connectivity index (χ1n) is 5.60. The second-order valence-corrected chi connectivity index (χ2v) is 4.67. The van der Waals surface area contributed by atoms with Crippen LogP contribution in [0.25, 0.3) is 0 Å². The van der Waals surface area contributed by atoms with Crippen molar-refractivity contribution in [1.29, 1.82) is 0 Å². The summed E-state index contributed by atoms with van der Waals surface area (Å²) in [5.41, 5.74) is 4.15. The third-order valence-electron chi connectivity index (χ3n) is 3.34. The average Bonchev–Trinajstić information content (AvgIpc) is 2.40. The van der Waals surface area contributed by atoms with Gasteiger partial charge < -0.3 is 4.79 Å². The number of hydrogen-bond donors (Lipinski definition) is 0. The van der Waals surface area contributed by atoms with Crippen molar-refractivity contribution in [3.63, 3.8) is 0 Å². The molecule has 0 atom stereocenters. The molecular formula is C15H11ClO. The van der Waals surface area contributed by atoms with Crippen molar-refractivity contribution >= 4 is 17.9 Å². The van der Waals surface area contributed by atoms with Gasteiger partial charge in [-0.1, -0.05) is 48.5 Å². The van der Waals surface area contributed by atoms with Crippen LogP contribution >= 0.6 is 11.6 Å². The molecule has 0 aliphatic heterocycles. The van der Waals surface area contributed by atoms with Gasteiger partial charge in [0.2, 0.25) is 0 Å². The van der Waals surface area contributed by atoms with Gasteiger partial charge in [-0.2, -0.15) is 0 Å². The molecule has 2 heteroatoms. The molecule has 17 heavy (non-hydrogen) atoms. The molecule has 0 spiro atoms. The number of aldehydes is 1. The van der Waals surface area contributed by atoms with Crippen LogP contribution in [0.4, 0.5) is 0 Å². The van der Waals surface area contributed by atoms with Gasteiger partial charge in [-0.25, -0.2) is 0 Å². The molecule has 2 aromatic rings. The zero-order valence-corrected chi connectivity index (χ0v) is 9.89. The largest absolute Gasteiger partial charge is 0.302 e. The first kappa shape index (κ1) is 10.5. The minimum absolute atomic E-state index is 0.154. The highest BCUT2D eigenvalue weighted by Crippen LogP contribution is 2.43. The summed E-state index contributed by atoms with van der Waals surface area (Å²) in [4.78, 5) is 11.3. The summed E-state index contributed by atoms with van der Waals surface area (Å²) < 4.78 is 0. The standard InChI is InChI=1S/C15H11ClO/c16-15-12-7-3-1-5-10(12)14(9-17)11-6-2-4-8-13(11)15/h1-9,14-15H. The topological polar surface area (TPSA) is 17.1 Å². The van der Waals surface area contributed by atoms with Gasteiger partial charge in [0.15, 0.2) is 0 Å². The van der Waals surface area contributed by atoms with E-state index >= 15 is 0 Å². The second kappa shape index (κ2) is 4.01. The van der Waals surface area contributed by atoms with Crippen LogP contribution in [0.2, 0.25) is 0 Å². The lowest BCUT2D eigenvalue weighted by Gasteiger charge is -2.28. The smallest absolute Gasteiger partial charge is 0.131 e. The van der Waals surface area contributed by atoms with Gasteiger partial charge in [0.25, 0.3) is 0 Å². The van der Waals surface area contributed by atoms with E-state index in [4.69, 9.17) is 11.6 Å². The number of hydrogen-bond acceptors (Lipinski definition) is 1. The van der Waals surface area contributed by atoms with Crippen molar-refractivity contribution in [3.05, 3.63) is 70.8 Å². The molecule has 0 fully saturated rings. The fourth-order valence-corrected chi connectivity index (χ4v) is 2.93. The zero-order chi connectivity index (χ0) is 11.8. The van der Waals surface area contributed by atoms with E-state index in [1.54, 1.807) is 0 Å². The summed E-state index contributed by atoms with van der Waals surface area (Å²) in [6.07, 6.45) is 1.00. The van der Waals surface area contributed by atoms with E-state index in [0.717, 1.165) is 28.5 Å². The fourth-order valence-electron chi connectivity index (χ4n) is 2.53. The van der Waals surface area contributed by atoms with Crippen LogP contribution in [0.15, 0.2) is 48.5 Å². The van der Waals surface area contributed by atoms with Crippen LogP contribution < -0.4 is 0 Å². The number of fused-ring (bicyclic) bond motifs is 2. The SMILES string of the molecule is O=CC1c2ccccc2C(Cl)c2ccccc21. The number of benzene rings is 2. The Hall–Kier alpha value is -1.60. The van der Waals surface area contributed by atoms with Gasteiger partial charge in [-0.3, -0.25) is 0 Å². The Labute approximate surface area is 105 Å². The van der Waals surface area contributed by atoms with E-state index < -0.39 is 0 Å². The van der Waals surface area contributed by atoms with Gasteiger partial charge in [0.05, 0.1) is 11.3 Å². The van der Waals surface area contributed by atoms with Crippen molar-refractivity contribution in [2.75, 3.05) is 0 Å². The highest BCUT2D eigenvalue weighted by Gasteiger charge is 2.30. The van der Waals surface area contributed by atoms with Crippen molar-refractivity contribution in [1.82, 2.24) is 0 Å². The maximum atomic E-state index is 11.3. The molecule has 0 N–H and O–H groups in total. The van der Waals surface area contributed by atoms with Crippen molar-refractivity contribution in [2.24, 2.45) is 0 Å². The number of carbonyl (C=O) groups is 1. The summed E-state index contributed by atoms with van der Waals surface area (Å²) >= 11 is 6.48. The lowest BCUT2D eigenvalue weighted by Crippen LogP contribution is -2.16. The maximum Gasteiger partial charge on any atom is 0.131 e.